The summed E-state index contributed by atoms with van der Waals surface area (Å²) in [6, 6.07) is 0. The van der Waals surface area contributed by atoms with Crippen molar-refractivity contribution in [3.05, 3.63) is 16.6 Å². The molecule has 1 saturated carbocycles. The van der Waals surface area contributed by atoms with Gasteiger partial charge in [0.25, 0.3) is 5.79 Å². The number of nitrogens with zero attached hydrogens (tertiary/aromatic N) is 2. The van der Waals surface area contributed by atoms with Crippen LogP contribution in [-0.4, -0.2) is 27.1 Å². The lowest BCUT2D eigenvalue weighted by Gasteiger charge is -2.38. The summed E-state index contributed by atoms with van der Waals surface area (Å²) in [5.74, 6) is -2.11. The number of hydrogen-bond donors (Lipinski definition) is 3. The van der Waals surface area contributed by atoms with Gasteiger partial charge in [-0.3, -0.25) is 10.9 Å². The fourth-order valence-electron chi connectivity index (χ4n) is 2.42. The number of aromatic nitrogens is 2. The number of aliphatic hydroxyl groups is 1. The Bertz CT molecular complexity index is 581. The van der Waals surface area contributed by atoms with Crippen molar-refractivity contribution in [2.45, 2.75) is 58.7 Å². The van der Waals surface area contributed by atoms with Gasteiger partial charge in [0.15, 0.2) is 0 Å². The Balaban J connectivity index is 0.000000924. The first-order valence-electron chi connectivity index (χ1n) is 7.76. The highest BCUT2D eigenvalue weighted by Gasteiger charge is 2.45. The second kappa shape index (κ2) is 7.49. The third kappa shape index (κ3) is 4.04. The van der Waals surface area contributed by atoms with E-state index in [0.717, 1.165) is 24.3 Å². The predicted octanol–water partition coefficient (Wildman–Crippen LogP) is 2.75. The highest BCUT2D eigenvalue weighted by molar-refractivity contribution is 7.15. The number of anilines is 1. The summed E-state index contributed by atoms with van der Waals surface area (Å²) in [7, 11) is 0. The highest BCUT2D eigenvalue weighted by Crippen LogP contribution is 2.37. The number of nitrogens with one attached hydrogen (secondary N) is 2. The number of rotatable bonds is 3. The fourth-order valence-corrected chi connectivity index (χ4v) is 2.96. The van der Waals surface area contributed by atoms with Crippen LogP contribution >= 0.6 is 11.3 Å². The maximum Gasteiger partial charge on any atom is 0.367 e. The minimum atomic E-state index is -1.01. The quantitative estimate of drug-likeness (QED) is 0.569. The number of carbonyl (C=O) groups excluding carboxylic acids is 1. The molecule has 9 heteroatoms. The molecule has 128 valence electrons. The lowest BCUT2D eigenvalue weighted by Crippen LogP contribution is -2.46. The topological polar surface area (TPSA) is 106 Å². The molecule has 0 saturated heterocycles. The molecule has 1 aliphatic carbocycles. The molecule has 23 heavy (non-hydrogen) atoms. The number of ether oxygens (including phenoxy) is 2. The Labute approximate surface area is 138 Å². The highest BCUT2D eigenvalue weighted by atomic mass is 32.1. The molecule has 2 aliphatic rings. The van der Waals surface area contributed by atoms with E-state index in [4.69, 9.17) is 9.47 Å². The van der Waals surface area contributed by atoms with E-state index in [2.05, 4.69) is 21.0 Å². The van der Waals surface area contributed by atoms with Crippen LogP contribution < -0.4 is 10.9 Å². The van der Waals surface area contributed by atoms with Gasteiger partial charge in [-0.1, -0.05) is 31.6 Å². The van der Waals surface area contributed by atoms with Gasteiger partial charge in [-0.05, 0) is 19.8 Å². The van der Waals surface area contributed by atoms with Crippen molar-refractivity contribution >= 4 is 22.4 Å². The Kier molecular flexibility index (Phi) is 5.64. The summed E-state index contributed by atoms with van der Waals surface area (Å²) in [6.45, 7) is 5.81. The summed E-state index contributed by atoms with van der Waals surface area (Å²) < 4.78 is 10.8. The molecule has 8 nitrogen and oxygen atoms in total. The summed E-state index contributed by atoms with van der Waals surface area (Å²) >= 11 is 1.31. The third-order valence-electron chi connectivity index (χ3n) is 3.42. The maximum atomic E-state index is 12.0. The second-order valence-electron chi connectivity index (χ2n) is 5.02. The first kappa shape index (κ1) is 17.3. The minimum absolute atomic E-state index is 0.168. The molecule has 0 bridgehead atoms. The van der Waals surface area contributed by atoms with Crippen molar-refractivity contribution < 1.29 is 19.4 Å². The molecule has 0 unspecified atom stereocenters. The molecular weight excluding hydrogens is 320 g/mol. The first-order valence-corrected chi connectivity index (χ1v) is 8.57. The maximum absolute atomic E-state index is 12.0. The van der Waals surface area contributed by atoms with Crippen LogP contribution in [0.5, 0.6) is 0 Å². The van der Waals surface area contributed by atoms with E-state index in [9.17, 15) is 9.90 Å². The lowest BCUT2D eigenvalue weighted by atomic mass is 9.93. The number of hydrazine groups is 1. The van der Waals surface area contributed by atoms with Crippen LogP contribution in [0.15, 0.2) is 11.6 Å². The van der Waals surface area contributed by atoms with E-state index in [1.165, 1.54) is 11.3 Å². The summed E-state index contributed by atoms with van der Waals surface area (Å²) in [6.07, 6.45) is 4.09. The molecule has 0 amide bonds. The van der Waals surface area contributed by atoms with Crippen molar-refractivity contribution in [1.29, 1.82) is 0 Å². The van der Waals surface area contributed by atoms with E-state index >= 15 is 0 Å². The van der Waals surface area contributed by atoms with E-state index in [0.29, 0.717) is 18.0 Å². The summed E-state index contributed by atoms with van der Waals surface area (Å²) in [4.78, 5) is 12.0. The molecule has 2 heterocycles. The molecule has 0 radical (unpaired) electrons. The Morgan fingerprint density at radius 1 is 1.13 bits per heavy atom. The number of carbonyl (C=O) groups is 1. The molecule has 1 aromatic heterocycles. The van der Waals surface area contributed by atoms with E-state index < -0.39 is 17.7 Å². The summed E-state index contributed by atoms with van der Waals surface area (Å²) in [5.41, 5.74) is 5.08. The zero-order chi connectivity index (χ0) is 16.9. The molecule has 1 spiro atoms. The lowest BCUT2D eigenvalue weighted by molar-refractivity contribution is -0.250. The molecule has 0 aromatic carbocycles. The minimum Gasteiger partial charge on any atom is -0.479 e. The van der Waals surface area contributed by atoms with Crippen molar-refractivity contribution in [3.8, 4) is 0 Å². The van der Waals surface area contributed by atoms with Crippen molar-refractivity contribution in [2.75, 3.05) is 5.43 Å². The molecule has 1 aliphatic heterocycles. The molecule has 1 fully saturated rings. The van der Waals surface area contributed by atoms with Crippen LogP contribution in [0, 0.1) is 6.92 Å². The zero-order valence-electron chi connectivity index (χ0n) is 13.5. The van der Waals surface area contributed by atoms with Crippen LogP contribution in [0.3, 0.4) is 0 Å². The van der Waals surface area contributed by atoms with Gasteiger partial charge >= 0.3 is 11.9 Å². The third-order valence-corrected chi connectivity index (χ3v) is 4.17. The van der Waals surface area contributed by atoms with Crippen LogP contribution in [0.4, 0.5) is 5.13 Å². The van der Waals surface area contributed by atoms with Gasteiger partial charge in [0.1, 0.15) is 5.01 Å². The smallest absolute Gasteiger partial charge is 0.367 e. The summed E-state index contributed by atoms with van der Waals surface area (Å²) in [5, 5.41) is 18.9. The normalized spacial score (nSPS) is 19.3. The number of hydrogen-bond acceptors (Lipinski definition) is 9. The number of aryl methyl sites for hydroxylation is 1. The standard InChI is InChI=1S/C12H16N4O4S.C2H6/c1-7-13-15-11(21-7)16-14-8-9(17)19-12(20-10(8)18)5-3-2-4-6-12;1-2/h14,17H,2-6H2,1H3,(H,15,16);1-2H3. The van der Waals surface area contributed by atoms with Gasteiger partial charge in [0.2, 0.25) is 10.8 Å². The predicted molar refractivity (Wildman–Crippen MR) is 85.4 cm³/mol. The largest absolute Gasteiger partial charge is 0.479 e. The molecular formula is C14H22N4O4S. The monoisotopic (exact) mass is 342 g/mol. The van der Waals surface area contributed by atoms with Gasteiger partial charge in [0.05, 0.1) is 0 Å². The van der Waals surface area contributed by atoms with Crippen LogP contribution in [0.25, 0.3) is 0 Å². The van der Waals surface area contributed by atoms with Crippen molar-refractivity contribution in [3.63, 3.8) is 0 Å². The zero-order valence-corrected chi connectivity index (χ0v) is 14.3. The van der Waals surface area contributed by atoms with Crippen molar-refractivity contribution in [2.24, 2.45) is 0 Å². The molecule has 3 N–H and O–H groups in total. The first-order chi connectivity index (χ1) is 11.1. The van der Waals surface area contributed by atoms with Gasteiger partial charge in [-0.15, -0.1) is 10.2 Å². The van der Waals surface area contributed by atoms with E-state index in [1.807, 2.05) is 20.8 Å². The number of aliphatic hydroxyl groups excluding tert-OH is 1. The van der Waals surface area contributed by atoms with Gasteiger partial charge in [0, 0.05) is 12.8 Å². The molecule has 3 rings (SSSR count). The Morgan fingerprint density at radius 2 is 1.83 bits per heavy atom. The van der Waals surface area contributed by atoms with Gasteiger partial charge in [-0.25, -0.2) is 4.79 Å². The Hall–Kier alpha value is -2.03. The van der Waals surface area contributed by atoms with Gasteiger partial charge < -0.3 is 14.6 Å². The van der Waals surface area contributed by atoms with E-state index in [1.54, 1.807) is 0 Å². The Morgan fingerprint density at radius 3 is 2.39 bits per heavy atom. The SMILES string of the molecule is CC.Cc1nnc(NNC2=C(O)OC3(CCCCC3)OC2=O)s1. The second-order valence-corrected chi connectivity index (χ2v) is 6.20. The van der Waals surface area contributed by atoms with Crippen molar-refractivity contribution in [1.82, 2.24) is 15.6 Å². The molecule has 1 aromatic rings. The van der Waals surface area contributed by atoms with E-state index in [-0.39, 0.29) is 5.70 Å². The van der Waals surface area contributed by atoms with Crippen LogP contribution in [0.2, 0.25) is 0 Å². The number of esters is 1. The fraction of sp³-hybridized carbons (Fsp3) is 0.643. The van der Waals surface area contributed by atoms with Crippen LogP contribution in [0.1, 0.15) is 51.0 Å². The average Bonchev–Trinajstić information content (AvgIpc) is 2.95. The van der Waals surface area contributed by atoms with Crippen LogP contribution in [-0.2, 0) is 14.3 Å². The molecule has 0 atom stereocenters. The average molecular weight is 342 g/mol. The van der Waals surface area contributed by atoms with Gasteiger partial charge in [-0.2, -0.15) is 0 Å².